The lowest BCUT2D eigenvalue weighted by Gasteiger charge is -2.46. The minimum absolute atomic E-state index is 0.309. The number of aliphatic hydroxyl groups is 1. The molecule has 0 amide bonds. The van der Waals surface area contributed by atoms with Gasteiger partial charge in [-0.05, 0) is 39.2 Å². The van der Waals surface area contributed by atoms with Gasteiger partial charge in [0.1, 0.15) is 5.82 Å². The van der Waals surface area contributed by atoms with Gasteiger partial charge in [0.2, 0.25) is 0 Å². The van der Waals surface area contributed by atoms with Crippen LogP contribution in [0.4, 0.5) is 0 Å². The minimum atomic E-state index is 0.309. The molecule has 1 aromatic heterocycles. The van der Waals surface area contributed by atoms with E-state index in [1.165, 1.54) is 32.6 Å². The average Bonchev–Trinajstić information content (AvgIpc) is 2.99. The van der Waals surface area contributed by atoms with E-state index in [0.29, 0.717) is 18.6 Å². The summed E-state index contributed by atoms with van der Waals surface area (Å²) in [6, 6.07) is 0.680. The highest BCUT2D eigenvalue weighted by Gasteiger charge is 2.34. The van der Waals surface area contributed by atoms with Crippen LogP contribution < -0.4 is 0 Å². The van der Waals surface area contributed by atoms with Gasteiger partial charge in [0.25, 0.3) is 0 Å². The molecule has 3 heterocycles. The second kappa shape index (κ2) is 8.43. The van der Waals surface area contributed by atoms with Crippen LogP contribution in [0.15, 0.2) is 6.20 Å². The zero-order chi connectivity index (χ0) is 16.9. The number of piperazine rings is 1. The lowest BCUT2D eigenvalue weighted by molar-refractivity contribution is 0.0205. The van der Waals surface area contributed by atoms with Gasteiger partial charge >= 0.3 is 0 Å². The van der Waals surface area contributed by atoms with Crippen LogP contribution in [0.3, 0.4) is 0 Å². The van der Waals surface area contributed by atoms with Crippen molar-refractivity contribution < 1.29 is 5.11 Å². The van der Waals surface area contributed by atoms with Gasteiger partial charge in [0.15, 0.2) is 0 Å². The van der Waals surface area contributed by atoms with Gasteiger partial charge < -0.3 is 15.0 Å². The molecule has 6 heteroatoms. The molecule has 2 aliphatic heterocycles. The van der Waals surface area contributed by atoms with E-state index >= 15 is 0 Å². The number of piperidine rings is 1. The summed E-state index contributed by atoms with van der Waals surface area (Å²) in [5, 5.41) is 9.28. The Morgan fingerprint density at radius 2 is 2.04 bits per heavy atom. The average molecular weight is 335 g/mol. The minimum Gasteiger partial charge on any atom is -0.396 e. The number of aryl methyl sites for hydroxylation is 1. The number of imidazole rings is 1. The maximum Gasteiger partial charge on any atom is 0.120 e. The summed E-state index contributed by atoms with van der Waals surface area (Å²) in [5.41, 5.74) is 1.13. The summed E-state index contributed by atoms with van der Waals surface area (Å²) in [5.74, 6) is 1.73. The van der Waals surface area contributed by atoms with Crippen LogP contribution >= 0.6 is 0 Å². The van der Waals surface area contributed by atoms with Gasteiger partial charge in [0.05, 0.1) is 6.54 Å². The van der Waals surface area contributed by atoms with E-state index in [0.717, 1.165) is 44.0 Å². The molecule has 3 rings (SSSR count). The Kier molecular flexibility index (Phi) is 6.27. The number of aromatic amines is 1. The van der Waals surface area contributed by atoms with Crippen LogP contribution in [-0.4, -0.2) is 88.7 Å². The Hall–Kier alpha value is -0.950. The van der Waals surface area contributed by atoms with Crippen molar-refractivity contribution in [3.8, 4) is 0 Å². The van der Waals surface area contributed by atoms with Crippen LogP contribution in [0.1, 0.15) is 30.8 Å². The Balaban J connectivity index is 1.59. The number of nitrogens with zero attached hydrogens (tertiary/aromatic N) is 4. The number of nitrogens with one attached hydrogen (secondary N) is 1. The molecule has 0 radical (unpaired) electrons. The van der Waals surface area contributed by atoms with Crippen LogP contribution in [0.2, 0.25) is 0 Å². The number of rotatable bonds is 6. The molecule has 2 aliphatic rings. The number of H-pyrrole nitrogens is 1. The fraction of sp³-hybridized carbons (Fsp3) is 0.833. The van der Waals surface area contributed by atoms with Crippen molar-refractivity contribution in [2.45, 2.75) is 38.8 Å². The quantitative estimate of drug-likeness (QED) is 0.810. The van der Waals surface area contributed by atoms with Crippen molar-refractivity contribution >= 4 is 0 Å². The number of likely N-dealkylation sites (N-methyl/N-ethyl adjacent to an activating group) is 1. The first kappa shape index (κ1) is 17.9. The van der Waals surface area contributed by atoms with E-state index in [1.807, 2.05) is 6.20 Å². The summed E-state index contributed by atoms with van der Waals surface area (Å²) < 4.78 is 0. The fourth-order valence-electron chi connectivity index (χ4n) is 4.27. The summed E-state index contributed by atoms with van der Waals surface area (Å²) in [6.07, 6.45) is 5.19. The number of hydrogen-bond donors (Lipinski definition) is 2. The van der Waals surface area contributed by atoms with Gasteiger partial charge in [-0.1, -0.05) is 0 Å². The molecule has 0 unspecified atom stereocenters. The third kappa shape index (κ3) is 4.57. The van der Waals surface area contributed by atoms with Crippen molar-refractivity contribution in [1.29, 1.82) is 0 Å². The second-order valence-electron chi connectivity index (χ2n) is 7.57. The second-order valence-corrected chi connectivity index (χ2v) is 7.57. The largest absolute Gasteiger partial charge is 0.396 e. The summed E-state index contributed by atoms with van der Waals surface area (Å²) in [7, 11) is 2.22. The number of aliphatic hydroxyl groups excluding tert-OH is 1. The molecule has 24 heavy (non-hydrogen) atoms. The molecule has 0 aromatic carbocycles. The van der Waals surface area contributed by atoms with Crippen molar-refractivity contribution in [1.82, 2.24) is 24.7 Å². The van der Waals surface area contributed by atoms with E-state index in [2.05, 4.69) is 38.6 Å². The third-order valence-corrected chi connectivity index (χ3v) is 5.65. The van der Waals surface area contributed by atoms with E-state index in [-0.39, 0.29) is 0 Å². The summed E-state index contributed by atoms with van der Waals surface area (Å²) >= 11 is 0. The van der Waals surface area contributed by atoms with E-state index in [4.69, 9.17) is 0 Å². The van der Waals surface area contributed by atoms with Crippen molar-refractivity contribution in [3.63, 3.8) is 0 Å². The van der Waals surface area contributed by atoms with Crippen molar-refractivity contribution in [3.05, 3.63) is 17.7 Å². The molecule has 0 saturated carbocycles. The molecule has 0 aliphatic carbocycles. The highest BCUT2D eigenvalue weighted by molar-refractivity contribution is 4.99. The highest BCUT2D eigenvalue weighted by Crippen LogP contribution is 2.27. The van der Waals surface area contributed by atoms with Crippen molar-refractivity contribution in [2.24, 2.45) is 5.92 Å². The van der Waals surface area contributed by atoms with Gasteiger partial charge in [-0.2, -0.15) is 0 Å². The number of hydrogen-bond acceptors (Lipinski definition) is 5. The first-order valence-electron chi connectivity index (χ1n) is 9.42. The maximum absolute atomic E-state index is 9.28. The zero-order valence-corrected chi connectivity index (χ0v) is 15.2. The molecule has 0 spiro atoms. The van der Waals surface area contributed by atoms with Crippen LogP contribution in [0, 0.1) is 12.8 Å². The molecular formula is C18H33N5O. The Bertz CT molecular complexity index is 497. The first-order valence-corrected chi connectivity index (χ1v) is 9.42. The van der Waals surface area contributed by atoms with Gasteiger partial charge in [-0.15, -0.1) is 0 Å². The molecule has 1 aromatic rings. The van der Waals surface area contributed by atoms with Crippen LogP contribution in [0.5, 0.6) is 0 Å². The predicted molar refractivity (Wildman–Crippen MR) is 95.9 cm³/mol. The van der Waals surface area contributed by atoms with E-state index in [9.17, 15) is 5.11 Å². The topological polar surface area (TPSA) is 58.6 Å². The lowest BCUT2D eigenvalue weighted by Crippen LogP contribution is -2.56. The molecular weight excluding hydrogens is 302 g/mol. The standard InChI is InChI=1S/C18H33N5O/c1-15-12-19-18(20-15)14-22-6-5-17(16(13-22)4-3-11-24)23-9-7-21(2)8-10-23/h12,16-17,24H,3-11,13-14H2,1-2H3,(H,19,20)/t16-,17+/m1/s1. The van der Waals surface area contributed by atoms with E-state index in [1.54, 1.807) is 0 Å². The molecule has 2 atom stereocenters. The molecule has 6 nitrogen and oxygen atoms in total. The Morgan fingerprint density at radius 1 is 1.25 bits per heavy atom. The monoisotopic (exact) mass is 335 g/mol. The Morgan fingerprint density at radius 3 is 2.71 bits per heavy atom. The molecule has 2 saturated heterocycles. The molecule has 2 N–H and O–H groups in total. The zero-order valence-electron chi connectivity index (χ0n) is 15.2. The van der Waals surface area contributed by atoms with E-state index < -0.39 is 0 Å². The van der Waals surface area contributed by atoms with Crippen molar-refractivity contribution in [2.75, 3.05) is 52.9 Å². The maximum atomic E-state index is 9.28. The van der Waals surface area contributed by atoms with Gasteiger partial charge in [-0.3, -0.25) is 9.80 Å². The SMILES string of the molecule is Cc1cnc(CN2CC[C@H](N3CCN(C)CC3)[C@H](CCCO)C2)[nH]1. The number of aromatic nitrogens is 2. The van der Waals surface area contributed by atoms with Crippen LogP contribution in [0.25, 0.3) is 0 Å². The first-order chi connectivity index (χ1) is 11.7. The fourth-order valence-corrected chi connectivity index (χ4v) is 4.27. The highest BCUT2D eigenvalue weighted by atomic mass is 16.2. The normalized spacial score (nSPS) is 27.6. The van der Waals surface area contributed by atoms with Crippen LogP contribution in [-0.2, 0) is 6.54 Å². The smallest absolute Gasteiger partial charge is 0.120 e. The summed E-state index contributed by atoms with van der Waals surface area (Å²) in [6.45, 7) is 10.3. The molecule has 0 bridgehead atoms. The molecule has 2 fully saturated rings. The Labute approximate surface area is 145 Å². The molecule has 136 valence electrons. The predicted octanol–water partition coefficient (Wildman–Crippen LogP) is 0.929. The van der Waals surface area contributed by atoms with Gasteiger partial charge in [0, 0.05) is 63.8 Å². The third-order valence-electron chi connectivity index (χ3n) is 5.65. The number of likely N-dealkylation sites (tertiary alicyclic amines) is 1. The summed E-state index contributed by atoms with van der Waals surface area (Å²) in [4.78, 5) is 15.5. The van der Waals surface area contributed by atoms with Gasteiger partial charge in [-0.25, -0.2) is 4.98 Å². The lowest BCUT2D eigenvalue weighted by atomic mass is 9.86.